The van der Waals surface area contributed by atoms with Gasteiger partial charge in [-0.15, -0.1) is 0 Å². The Morgan fingerprint density at radius 3 is 2.64 bits per heavy atom. The number of aliphatic imine (C=N–C) groups is 1. The molecule has 0 saturated carbocycles. The van der Waals surface area contributed by atoms with Crippen molar-refractivity contribution >= 4 is 5.96 Å². The van der Waals surface area contributed by atoms with Crippen molar-refractivity contribution in [3.63, 3.8) is 0 Å². The van der Waals surface area contributed by atoms with Crippen LogP contribution in [0.1, 0.15) is 41.9 Å². The molecule has 0 amide bonds. The van der Waals surface area contributed by atoms with Crippen LogP contribution in [0, 0.1) is 0 Å². The van der Waals surface area contributed by atoms with Crippen molar-refractivity contribution < 1.29 is 0 Å². The number of hydrogen-bond acceptors (Lipinski definition) is 2. The minimum absolute atomic E-state index is 0.783. The van der Waals surface area contributed by atoms with Crippen LogP contribution in [0.3, 0.4) is 0 Å². The molecule has 5 heteroatoms. The summed E-state index contributed by atoms with van der Waals surface area (Å²) >= 11 is 0. The Morgan fingerprint density at radius 2 is 1.96 bits per heavy atom. The van der Waals surface area contributed by atoms with Crippen LogP contribution in [0.2, 0.25) is 0 Å². The summed E-state index contributed by atoms with van der Waals surface area (Å²) in [4.78, 5) is 6.86. The second kappa shape index (κ2) is 7.72. The van der Waals surface area contributed by atoms with E-state index in [-0.39, 0.29) is 0 Å². The number of hydrogen-bond donors (Lipinski definition) is 1. The van der Waals surface area contributed by atoms with E-state index in [1.807, 2.05) is 18.8 Å². The van der Waals surface area contributed by atoms with Crippen molar-refractivity contribution in [1.82, 2.24) is 20.0 Å². The van der Waals surface area contributed by atoms with Crippen molar-refractivity contribution in [2.45, 2.75) is 46.2 Å². The van der Waals surface area contributed by atoms with Crippen molar-refractivity contribution in [2.75, 3.05) is 13.6 Å². The SMILES string of the molecule is CCc1nn(C)c(CC)c1CNC(=NC)N1CCc2ccccc2C1. The maximum absolute atomic E-state index is 4.67. The third kappa shape index (κ3) is 3.55. The first-order valence-electron chi connectivity index (χ1n) is 9.23. The van der Waals surface area contributed by atoms with Gasteiger partial charge in [0.2, 0.25) is 0 Å². The predicted molar refractivity (Wildman–Crippen MR) is 103 cm³/mol. The monoisotopic (exact) mass is 339 g/mol. The number of rotatable bonds is 4. The molecule has 3 rings (SSSR count). The van der Waals surface area contributed by atoms with E-state index in [9.17, 15) is 0 Å². The molecule has 1 aliphatic rings. The van der Waals surface area contributed by atoms with Crippen molar-refractivity contribution in [3.05, 3.63) is 52.3 Å². The predicted octanol–water partition coefficient (Wildman–Crippen LogP) is 2.68. The highest BCUT2D eigenvalue weighted by Gasteiger charge is 2.20. The fourth-order valence-electron chi connectivity index (χ4n) is 3.77. The number of guanidine groups is 1. The molecule has 0 spiro atoms. The Bertz CT molecular complexity index is 759. The van der Waals surface area contributed by atoms with Crippen LogP contribution in [0.5, 0.6) is 0 Å². The molecule has 2 heterocycles. The Hall–Kier alpha value is -2.30. The average Bonchev–Trinajstić information content (AvgIpc) is 2.96. The summed E-state index contributed by atoms with van der Waals surface area (Å²) in [5.74, 6) is 0.975. The van der Waals surface area contributed by atoms with E-state index in [1.54, 1.807) is 0 Å². The van der Waals surface area contributed by atoms with Crippen molar-refractivity contribution in [3.8, 4) is 0 Å². The first-order chi connectivity index (χ1) is 12.2. The van der Waals surface area contributed by atoms with Gasteiger partial charge in [-0.1, -0.05) is 38.1 Å². The normalized spacial score (nSPS) is 14.6. The molecule has 1 N–H and O–H groups in total. The summed E-state index contributed by atoms with van der Waals surface area (Å²) in [5.41, 5.74) is 6.69. The zero-order valence-corrected chi connectivity index (χ0v) is 15.8. The summed E-state index contributed by atoms with van der Waals surface area (Å²) in [6.45, 7) is 7.07. The lowest BCUT2D eigenvalue weighted by atomic mass is 10.0. The molecule has 134 valence electrons. The molecule has 0 radical (unpaired) electrons. The highest BCUT2D eigenvalue weighted by atomic mass is 15.3. The highest BCUT2D eigenvalue weighted by molar-refractivity contribution is 5.80. The van der Waals surface area contributed by atoms with E-state index in [1.165, 1.54) is 28.1 Å². The van der Waals surface area contributed by atoms with E-state index in [4.69, 9.17) is 0 Å². The molecule has 0 unspecified atom stereocenters. The van der Waals surface area contributed by atoms with Crippen LogP contribution >= 0.6 is 0 Å². The Morgan fingerprint density at radius 1 is 1.20 bits per heavy atom. The minimum Gasteiger partial charge on any atom is -0.352 e. The lowest BCUT2D eigenvalue weighted by molar-refractivity contribution is 0.378. The zero-order valence-electron chi connectivity index (χ0n) is 15.8. The summed E-state index contributed by atoms with van der Waals surface area (Å²) in [7, 11) is 3.91. The molecule has 1 aliphatic heterocycles. The second-order valence-electron chi connectivity index (χ2n) is 6.54. The largest absolute Gasteiger partial charge is 0.352 e. The summed E-state index contributed by atoms with van der Waals surface area (Å²) in [6.07, 6.45) is 3.03. The Balaban J connectivity index is 1.72. The van der Waals surface area contributed by atoms with Crippen LogP contribution in [0.25, 0.3) is 0 Å². The van der Waals surface area contributed by atoms with Crippen molar-refractivity contribution in [2.24, 2.45) is 12.0 Å². The van der Waals surface area contributed by atoms with E-state index < -0.39 is 0 Å². The molecule has 0 fully saturated rings. The van der Waals surface area contributed by atoms with Crippen LogP contribution in [-0.2, 0) is 39.4 Å². The summed E-state index contributed by atoms with van der Waals surface area (Å²) in [5, 5.41) is 8.24. The zero-order chi connectivity index (χ0) is 17.8. The van der Waals surface area contributed by atoms with Gasteiger partial charge in [0.1, 0.15) is 0 Å². The number of nitrogens with zero attached hydrogens (tertiary/aromatic N) is 4. The summed E-state index contributed by atoms with van der Waals surface area (Å²) < 4.78 is 2.02. The number of nitrogens with one attached hydrogen (secondary N) is 1. The standard InChI is InChI=1S/C20H29N5/c1-5-18-17(19(6-2)24(4)23-18)13-22-20(21-3)25-12-11-15-9-7-8-10-16(15)14-25/h7-10H,5-6,11-14H2,1-4H3,(H,21,22). The number of fused-ring (bicyclic) bond motifs is 1. The molecule has 0 saturated heterocycles. The van der Waals surface area contributed by atoms with Gasteiger partial charge in [-0.05, 0) is 30.4 Å². The molecule has 5 nitrogen and oxygen atoms in total. The first-order valence-corrected chi connectivity index (χ1v) is 9.23. The molecule has 1 aromatic heterocycles. The van der Waals surface area contributed by atoms with Crippen LogP contribution < -0.4 is 5.32 Å². The number of aryl methyl sites for hydroxylation is 2. The van der Waals surface area contributed by atoms with Gasteiger partial charge in [0, 0.05) is 45.0 Å². The highest BCUT2D eigenvalue weighted by Crippen LogP contribution is 2.19. The summed E-state index contributed by atoms with van der Waals surface area (Å²) in [6, 6.07) is 8.71. The van der Waals surface area contributed by atoms with Gasteiger partial charge < -0.3 is 10.2 Å². The van der Waals surface area contributed by atoms with Crippen LogP contribution in [0.4, 0.5) is 0 Å². The van der Waals surface area contributed by atoms with E-state index in [0.29, 0.717) is 0 Å². The minimum atomic E-state index is 0.783. The molecule has 1 aromatic carbocycles. The van der Waals surface area contributed by atoms with Gasteiger partial charge in [-0.25, -0.2) is 0 Å². The maximum atomic E-state index is 4.67. The Kier molecular flexibility index (Phi) is 5.41. The fraction of sp³-hybridized carbons (Fsp3) is 0.500. The van der Waals surface area contributed by atoms with Gasteiger partial charge in [-0.2, -0.15) is 5.10 Å². The van der Waals surface area contributed by atoms with Crippen LogP contribution in [-0.4, -0.2) is 34.2 Å². The van der Waals surface area contributed by atoms with Gasteiger partial charge >= 0.3 is 0 Å². The lowest BCUT2D eigenvalue weighted by Crippen LogP contribution is -2.43. The molecule has 2 aromatic rings. The lowest BCUT2D eigenvalue weighted by Gasteiger charge is -2.31. The molecular weight excluding hydrogens is 310 g/mol. The van der Waals surface area contributed by atoms with E-state index in [0.717, 1.165) is 44.9 Å². The van der Waals surface area contributed by atoms with Gasteiger partial charge in [0.15, 0.2) is 5.96 Å². The molecule has 0 bridgehead atoms. The molecule has 0 aliphatic carbocycles. The molecular formula is C20H29N5. The molecule has 25 heavy (non-hydrogen) atoms. The average molecular weight is 339 g/mol. The topological polar surface area (TPSA) is 45.5 Å². The third-order valence-corrected chi connectivity index (χ3v) is 5.09. The van der Waals surface area contributed by atoms with Crippen molar-refractivity contribution in [1.29, 1.82) is 0 Å². The van der Waals surface area contributed by atoms with Crippen LogP contribution in [0.15, 0.2) is 29.3 Å². The first kappa shape index (κ1) is 17.5. The van der Waals surface area contributed by atoms with Gasteiger partial charge in [0.05, 0.1) is 5.69 Å². The van der Waals surface area contributed by atoms with Gasteiger partial charge in [-0.3, -0.25) is 9.67 Å². The van der Waals surface area contributed by atoms with Gasteiger partial charge in [0.25, 0.3) is 0 Å². The fourth-order valence-corrected chi connectivity index (χ4v) is 3.77. The number of aromatic nitrogens is 2. The molecule has 0 atom stereocenters. The van der Waals surface area contributed by atoms with E-state index >= 15 is 0 Å². The Labute approximate surface area is 150 Å². The number of benzene rings is 1. The quantitative estimate of drug-likeness (QED) is 0.688. The maximum Gasteiger partial charge on any atom is 0.194 e. The van der Waals surface area contributed by atoms with E-state index in [2.05, 4.69) is 58.4 Å². The smallest absolute Gasteiger partial charge is 0.194 e. The second-order valence-corrected chi connectivity index (χ2v) is 6.54. The third-order valence-electron chi connectivity index (χ3n) is 5.09.